The average Bonchev–Trinajstić information content (AvgIpc) is 2.44. The third-order valence-corrected chi connectivity index (χ3v) is 2.46. The van der Waals surface area contributed by atoms with E-state index in [1.165, 1.54) is 6.33 Å². The minimum absolute atomic E-state index is 0.0243. The standard InChI is InChI=1S/C12H21N5O2/c1-4-6-14-9(18)5-7-15-12-10(19-3)11(13-2)16-8-17-12/h8H,4-7H2,1-3H3,(H,14,18)(H2,13,15,16,17). The number of nitrogens with zero attached hydrogens (tertiary/aromatic N) is 2. The largest absolute Gasteiger partial charge is 0.490 e. The van der Waals surface area contributed by atoms with Crippen LogP contribution in [0.3, 0.4) is 0 Å². The van der Waals surface area contributed by atoms with Crippen molar-refractivity contribution in [3.05, 3.63) is 6.33 Å². The number of ether oxygens (including phenoxy) is 1. The van der Waals surface area contributed by atoms with Crippen LogP contribution in [0, 0.1) is 0 Å². The van der Waals surface area contributed by atoms with E-state index in [0.29, 0.717) is 36.9 Å². The fourth-order valence-corrected chi connectivity index (χ4v) is 1.52. The quantitative estimate of drug-likeness (QED) is 0.647. The van der Waals surface area contributed by atoms with Crippen LogP contribution in [-0.4, -0.2) is 43.1 Å². The van der Waals surface area contributed by atoms with E-state index in [1.54, 1.807) is 14.2 Å². The van der Waals surface area contributed by atoms with E-state index in [-0.39, 0.29) is 5.91 Å². The highest BCUT2D eigenvalue weighted by Crippen LogP contribution is 2.28. The molecule has 0 unspecified atom stereocenters. The molecule has 1 aromatic rings. The first kappa shape index (κ1) is 15.0. The molecule has 0 saturated carbocycles. The highest BCUT2D eigenvalue weighted by molar-refractivity contribution is 5.76. The zero-order valence-electron chi connectivity index (χ0n) is 11.6. The Labute approximate surface area is 113 Å². The van der Waals surface area contributed by atoms with Gasteiger partial charge in [0.1, 0.15) is 6.33 Å². The van der Waals surface area contributed by atoms with Gasteiger partial charge >= 0.3 is 0 Å². The summed E-state index contributed by atoms with van der Waals surface area (Å²) in [4.78, 5) is 19.6. The number of carbonyl (C=O) groups excluding carboxylic acids is 1. The number of hydrogen-bond acceptors (Lipinski definition) is 6. The lowest BCUT2D eigenvalue weighted by atomic mass is 10.3. The summed E-state index contributed by atoms with van der Waals surface area (Å²) in [6.45, 7) is 3.22. The maximum atomic E-state index is 11.4. The molecule has 19 heavy (non-hydrogen) atoms. The Hall–Kier alpha value is -2.05. The Kier molecular flexibility index (Phi) is 6.42. The lowest BCUT2D eigenvalue weighted by Gasteiger charge is -2.12. The van der Waals surface area contributed by atoms with Gasteiger partial charge in [-0.3, -0.25) is 4.79 Å². The summed E-state index contributed by atoms with van der Waals surface area (Å²) in [5, 5.41) is 8.80. The number of aromatic nitrogens is 2. The minimum atomic E-state index is 0.0243. The zero-order valence-corrected chi connectivity index (χ0v) is 11.6. The lowest BCUT2D eigenvalue weighted by molar-refractivity contribution is -0.120. The summed E-state index contributed by atoms with van der Waals surface area (Å²) in [7, 11) is 3.31. The van der Waals surface area contributed by atoms with Crippen molar-refractivity contribution >= 4 is 17.5 Å². The topological polar surface area (TPSA) is 88.2 Å². The number of amides is 1. The highest BCUT2D eigenvalue weighted by atomic mass is 16.5. The molecule has 106 valence electrons. The summed E-state index contributed by atoms with van der Waals surface area (Å²) in [5.41, 5.74) is 0. The zero-order chi connectivity index (χ0) is 14.1. The number of carbonyl (C=O) groups is 1. The Bertz CT molecular complexity index is 411. The van der Waals surface area contributed by atoms with Gasteiger partial charge in [-0.25, -0.2) is 9.97 Å². The summed E-state index contributed by atoms with van der Waals surface area (Å²) >= 11 is 0. The van der Waals surface area contributed by atoms with Gasteiger partial charge in [-0.05, 0) is 6.42 Å². The predicted octanol–water partition coefficient (Wildman–Crippen LogP) is 0.855. The van der Waals surface area contributed by atoms with Crippen molar-refractivity contribution in [3.63, 3.8) is 0 Å². The fraction of sp³-hybridized carbons (Fsp3) is 0.583. The summed E-state index contributed by atoms with van der Waals surface area (Å²) < 4.78 is 5.24. The second kappa shape index (κ2) is 8.12. The second-order valence-electron chi connectivity index (χ2n) is 3.88. The summed E-state index contributed by atoms with van der Waals surface area (Å²) in [6.07, 6.45) is 2.76. The van der Waals surface area contributed by atoms with Gasteiger partial charge in [0.15, 0.2) is 11.6 Å². The van der Waals surface area contributed by atoms with Crippen molar-refractivity contribution in [2.24, 2.45) is 0 Å². The molecule has 0 fully saturated rings. The van der Waals surface area contributed by atoms with Crippen LogP contribution in [-0.2, 0) is 4.79 Å². The third-order valence-electron chi connectivity index (χ3n) is 2.46. The first-order chi connectivity index (χ1) is 9.22. The fourth-order valence-electron chi connectivity index (χ4n) is 1.52. The van der Waals surface area contributed by atoms with Crippen molar-refractivity contribution in [1.29, 1.82) is 0 Å². The van der Waals surface area contributed by atoms with Crippen molar-refractivity contribution < 1.29 is 9.53 Å². The molecular formula is C12H21N5O2. The molecule has 1 amide bonds. The molecule has 7 nitrogen and oxygen atoms in total. The van der Waals surface area contributed by atoms with Gasteiger partial charge in [0, 0.05) is 26.6 Å². The van der Waals surface area contributed by atoms with E-state index < -0.39 is 0 Å². The monoisotopic (exact) mass is 267 g/mol. The van der Waals surface area contributed by atoms with Gasteiger partial charge in [-0.2, -0.15) is 0 Å². The molecule has 0 bridgehead atoms. The Morgan fingerprint density at radius 3 is 2.68 bits per heavy atom. The molecule has 0 saturated heterocycles. The van der Waals surface area contributed by atoms with E-state index in [1.807, 2.05) is 6.92 Å². The molecule has 0 spiro atoms. The first-order valence-corrected chi connectivity index (χ1v) is 6.30. The van der Waals surface area contributed by atoms with E-state index in [2.05, 4.69) is 25.9 Å². The van der Waals surface area contributed by atoms with Crippen molar-refractivity contribution in [3.8, 4) is 5.75 Å². The third kappa shape index (κ3) is 4.61. The van der Waals surface area contributed by atoms with Crippen LogP contribution >= 0.6 is 0 Å². The minimum Gasteiger partial charge on any atom is -0.490 e. The van der Waals surface area contributed by atoms with Crippen LogP contribution in [0.1, 0.15) is 19.8 Å². The molecule has 0 aliphatic carbocycles. The van der Waals surface area contributed by atoms with Gasteiger partial charge < -0.3 is 20.7 Å². The van der Waals surface area contributed by atoms with Gasteiger partial charge in [0.25, 0.3) is 0 Å². The molecule has 3 N–H and O–H groups in total. The van der Waals surface area contributed by atoms with Crippen LogP contribution in [0.4, 0.5) is 11.6 Å². The van der Waals surface area contributed by atoms with Gasteiger partial charge in [-0.1, -0.05) is 6.92 Å². The van der Waals surface area contributed by atoms with E-state index in [4.69, 9.17) is 4.74 Å². The van der Waals surface area contributed by atoms with Crippen molar-refractivity contribution in [2.45, 2.75) is 19.8 Å². The number of nitrogens with one attached hydrogen (secondary N) is 3. The van der Waals surface area contributed by atoms with E-state index in [9.17, 15) is 4.79 Å². The molecule has 0 aromatic carbocycles. The molecule has 0 radical (unpaired) electrons. The molecule has 1 rings (SSSR count). The molecule has 0 aliphatic rings. The lowest BCUT2D eigenvalue weighted by Crippen LogP contribution is -2.26. The highest BCUT2D eigenvalue weighted by Gasteiger charge is 2.10. The number of hydrogen-bond donors (Lipinski definition) is 3. The maximum absolute atomic E-state index is 11.4. The molecular weight excluding hydrogens is 246 g/mol. The van der Waals surface area contributed by atoms with E-state index in [0.717, 1.165) is 6.42 Å². The smallest absolute Gasteiger partial charge is 0.221 e. The molecule has 0 atom stereocenters. The summed E-state index contributed by atoms with van der Waals surface area (Å²) in [5.74, 6) is 1.75. The van der Waals surface area contributed by atoms with Crippen LogP contribution in [0.25, 0.3) is 0 Å². The van der Waals surface area contributed by atoms with Crippen LogP contribution in [0.5, 0.6) is 5.75 Å². The molecule has 1 heterocycles. The molecule has 7 heteroatoms. The van der Waals surface area contributed by atoms with Crippen LogP contribution < -0.4 is 20.7 Å². The molecule has 1 aromatic heterocycles. The maximum Gasteiger partial charge on any atom is 0.221 e. The Morgan fingerprint density at radius 2 is 2.05 bits per heavy atom. The number of rotatable bonds is 8. The summed E-state index contributed by atoms with van der Waals surface area (Å²) in [6, 6.07) is 0. The van der Waals surface area contributed by atoms with E-state index >= 15 is 0 Å². The van der Waals surface area contributed by atoms with Crippen LogP contribution in [0.15, 0.2) is 6.33 Å². The van der Waals surface area contributed by atoms with Gasteiger partial charge in [-0.15, -0.1) is 0 Å². The Balaban J connectivity index is 2.51. The SMILES string of the molecule is CCCNC(=O)CCNc1ncnc(NC)c1OC. The second-order valence-corrected chi connectivity index (χ2v) is 3.88. The normalized spacial score (nSPS) is 9.84. The number of methoxy groups -OCH3 is 1. The predicted molar refractivity (Wildman–Crippen MR) is 74.5 cm³/mol. The Morgan fingerprint density at radius 1 is 1.32 bits per heavy atom. The van der Waals surface area contributed by atoms with Crippen LogP contribution in [0.2, 0.25) is 0 Å². The molecule has 0 aliphatic heterocycles. The van der Waals surface area contributed by atoms with Gasteiger partial charge in [0.05, 0.1) is 7.11 Å². The van der Waals surface area contributed by atoms with Crippen molar-refractivity contribution in [2.75, 3.05) is 37.9 Å². The average molecular weight is 267 g/mol. The number of anilines is 2. The van der Waals surface area contributed by atoms with Gasteiger partial charge in [0.2, 0.25) is 11.7 Å². The van der Waals surface area contributed by atoms with Crippen molar-refractivity contribution in [1.82, 2.24) is 15.3 Å². The first-order valence-electron chi connectivity index (χ1n) is 6.30.